The number of aryl methyl sites for hydroxylation is 3. The molecule has 1 N–H and O–H groups in total. The highest BCUT2D eigenvalue weighted by atomic mass is 32.2. The Morgan fingerprint density at radius 2 is 1.97 bits per heavy atom. The number of nitriles is 1. The summed E-state index contributed by atoms with van der Waals surface area (Å²) < 4.78 is 1.66. The van der Waals surface area contributed by atoms with E-state index in [1.165, 1.54) is 23.1 Å². The molecule has 8 heteroatoms. The lowest BCUT2D eigenvalue weighted by Crippen LogP contribution is -2.49. The zero-order valence-corrected chi connectivity index (χ0v) is 21.6. The number of aromatic nitrogens is 2. The predicted molar refractivity (Wildman–Crippen MR) is 136 cm³/mol. The Labute approximate surface area is 203 Å². The van der Waals surface area contributed by atoms with Crippen LogP contribution >= 0.6 is 23.1 Å². The molecule has 0 unspecified atom stereocenters. The summed E-state index contributed by atoms with van der Waals surface area (Å²) in [4.78, 5) is 32.9. The van der Waals surface area contributed by atoms with Gasteiger partial charge in [0.15, 0.2) is 5.16 Å². The van der Waals surface area contributed by atoms with Crippen LogP contribution in [-0.4, -0.2) is 26.8 Å². The van der Waals surface area contributed by atoms with Gasteiger partial charge in [-0.15, -0.1) is 11.3 Å². The second-order valence-electron chi connectivity index (χ2n) is 8.76. The highest BCUT2D eigenvalue weighted by molar-refractivity contribution is 7.99. The van der Waals surface area contributed by atoms with Crippen molar-refractivity contribution >= 4 is 39.2 Å². The van der Waals surface area contributed by atoms with E-state index in [2.05, 4.69) is 18.3 Å². The lowest BCUT2D eigenvalue weighted by molar-refractivity contribution is -0.120. The summed E-state index contributed by atoms with van der Waals surface area (Å²) in [6.07, 6.45) is 0.844. The molecule has 1 amide bonds. The Morgan fingerprint density at radius 3 is 2.55 bits per heavy atom. The van der Waals surface area contributed by atoms with Crippen LogP contribution in [0.3, 0.4) is 0 Å². The number of thioether (sulfide) groups is 1. The van der Waals surface area contributed by atoms with Crippen molar-refractivity contribution < 1.29 is 4.79 Å². The second-order valence-corrected chi connectivity index (χ2v) is 10.8. The maximum Gasteiger partial charge on any atom is 0.263 e. The number of hydrogen-bond donors (Lipinski definition) is 1. The molecule has 174 valence electrons. The third-order valence-corrected chi connectivity index (χ3v) is 8.32. The average molecular weight is 483 g/mol. The summed E-state index contributed by atoms with van der Waals surface area (Å²) in [5.41, 5.74) is 2.11. The third-order valence-electron chi connectivity index (χ3n) is 6.01. The van der Waals surface area contributed by atoms with Crippen LogP contribution in [0.15, 0.2) is 34.2 Å². The van der Waals surface area contributed by atoms with Gasteiger partial charge in [-0.25, -0.2) is 4.98 Å². The van der Waals surface area contributed by atoms with E-state index >= 15 is 0 Å². The van der Waals surface area contributed by atoms with E-state index in [9.17, 15) is 14.9 Å². The number of amides is 1. The molecule has 2 heterocycles. The number of carbonyl (C=O) groups excluding carboxylic acids is 1. The van der Waals surface area contributed by atoms with Crippen LogP contribution in [0.4, 0.5) is 0 Å². The van der Waals surface area contributed by atoms with E-state index in [-0.39, 0.29) is 23.1 Å². The summed E-state index contributed by atoms with van der Waals surface area (Å²) in [6.45, 7) is 12.0. The third kappa shape index (κ3) is 5.31. The van der Waals surface area contributed by atoms with Crippen LogP contribution < -0.4 is 10.9 Å². The molecule has 0 spiro atoms. The van der Waals surface area contributed by atoms with Crippen LogP contribution in [0.1, 0.15) is 49.3 Å². The first kappa shape index (κ1) is 25.0. The van der Waals surface area contributed by atoms with E-state index in [0.717, 1.165) is 28.0 Å². The quantitative estimate of drug-likeness (QED) is 0.367. The van der Waals surface area contributed by atoms with Gasteiger partial charge in [0.1, 0.15) is 10.4 Å². The van der Waals surface area contributed by atoms with Gasteiger partial charge in [0.2, 0.25) is 5.91 Å². The molecule has 0 radical (unpaired) electrons. The van der Waals surface area contributed by atoms with Crippen LogP contribution in [-0.2, 0) is 17.8 Å². The minimum absolute atomic E-state index is 0.0350. The molecule has 1 atom stereocenters. The van der Waals surface area contributed by atoms with Crippen LogP contribution in [0.5, 0.6) is 0 Å². The smallest absolute Gasteiger partial charge is 0.263 e. The topological polar surface area (TPSA) is 87.8 Å². The molecule has 0 aliphatic carbocycles. The van der Waals surface area contributed by atoms with Crippen LogP contribution in [0, 0.1) is 31.1 Å². The Balaban J connectivity index is 1.98. The highest BCUT2D eigenvalue weighted by Gasteiger charge is 2.30. The molecule has 0 aliphatic heterocycles. The monoisotopic (exact) mass is 482 g/mol. The standard InChI is InChI=1S/C25H30N4O2S2/c1-7-19-17(5)21-22(33-19)27-24(32-13-20(30)28-25(6,14-26)15(2)3)29(23(21)31)12-18-10-8-16(4)9-11-18/h8-11,15H,7,12-13H2,1-6H3,(H,28,30)/t25-/m1/s1. The molecule has 33 heavy (non-hydrogen) atoms. The van der Waals surface area contributed by atoms with E-state index in [4.69, 9.17) is 4.98 Å². The fourth-order valence-corrected chi connectivity index (χ4v) is 5.42. The SMILES string of the molecule is CCc1sc2nc(SCC(=O)N[C@](C)(C#N)C(C)C)n(Cc3ccc(C)cc3)c(=O)c2c1C. The maximum absolute atomic E-state index is 13.6. The van der Waals surface area contributed by atoms with Crippen molar-refractivity contribution in [1.29, 1.82) is 5.26 Å². The van der Waals surface area contributed by atoms with Gasteiger partial charge in [-0.2, -0.15) is 5.26 Å². The molecule has 0 bridgehead atoms. The summed E-state index contributed by atoms with van der Waals surface area (Å²) in [7, 11) is 0. The normalized spacial score (nSPS) is 13.2. The highest BCUT2D eigenvalue weighted by Crippen LogP contribution is 2.30. The van der Waals surface area contributed by atoms with Crippen molar-refractivity contribution in [2.45, 2.75) is 65.2 Å². The van der Waals surface area contributed by atoms with Crippen LogP contribution in [0.2, 0.25) is 0 Å². The first-order valence-corrected chi connectivity index (χ1v) is 12.8. The Kier molecular flexibility index (Phi) is 7.65. The number of nitrogens with zero attached hydrogens (tertiary/aromatic N) is 3. The molecule has 0 saturated heterocycles. The zero-order chi connectivity index (χ0) is 24.3. The summed E-state index contributed by atoms with van der Waals surface area (Å²) >= 11 is 2.77. The number of carbonyl (C=O) groups is 1. The van der Waals surface area contributed by atoms with Crippen molar-refractivity contribution in [3.63, 3.8) is 0 Å². The average Bonchev–Trinajstić information content (AvgIpc) is 3.11. The van der Waals surface area contributed by atoms with Crippen LogP contribution in [0.25, 0.3) is 10.2 Å². The van der Waals surface area contributed by atoms with Gasteiger partial charge in [-0.1, -0.05) is 62.4 Å². The second kappa shape index (κ2) is 10.1. The minimum Gasteiger partial charge on any atom is -0.337 e. The molecule has 1 aromatic carbocycles. The first-order valence-electron chi connectivity index (χ1n) is 11.0. The van der Waals surface area contributed by atoms with Crippen molar-refractivity contribution in [2.24, 2.45) is 5.92 Å². The molecule has 6 nitrogen and oxygen atoms in total. The van der Waals surface area contributed by atoms with Crippen molar-refractivity contribution in [1.82, 2.24) is 14.9 Å². The van der Waals surface area contributed by atoms with Crippen molar-refractivity contribution in [3.05, 3.63) is 56.2 Å². The van der Waals surface area contributed by atoms with E-state index in [0.29, 0.717) is 21.9 Å². The molecular weight excluding hydrogens is 452 g/mol. The number of hydrogen-bond acceptors (Lipinski definition) is 6. The number of nitrogens with one attached hydrogen (secondary N) is 1. The van der Waals surface area contributed by atoms with Gasteiger partial charge in [0, 0.05) is 4.88 Å². The molecule has 0 saturated carbocycles. The first-order chi connectivity index (χ1) is 15.6. The Bertz CT molecular complexity index is 1270. The molecular formula is C25H30N4O2S2. The van der Waals surface area contributed by atoms with Gasteiger partial charge >= 0.3 is 0 Å². The predicted octanol–water partition coefficient (Wildman–Crippen LogP) is 4.83. The largest absolute Gasteiger partial charge is 0.337 e. The Hall–Kier alpha value is -2.63. The number of fused-ring (bicyclic) bond motifs is 1. The van der Waals surface area contributed by atoms with Gasteiger partial charge in [0.25, 0.3) is 5.56 Å². The fourth-order valence-electron chi connectivity index (χ4n) is 3.46. The number of thiophene rings is 1. The van der Waals surface area contributed by atoms with Crippen molar-refractivity contribution in [3.8, 4) is 6.07 Å². The summed E-state index contributed by atoms with van der Waals surface area (Å²) in [6, 6.07) is 10.2. The molecule has 0 fully saturated rings. The maximum atomic E-state index is 13.6. The van der Waals surface area contributed by atoms with Crippen molar-refractivity contribution in [2.75, 3.05) is 5.75 Å². The van der Waals surface area contributed by atoms with Gasteiger partial charge < -0.3 is 5.32 Å². The zero-order valence-electron chi connectivity index (χ0n) is 20.0. The molecule has 3 aromatic rings. The molecule has 0 aliphatic rings. The minimum atomic E-state index is -0.947. The lowest BCUT2D eigenvalue weighted by atomic mass is 9.90. The van der Waals surface area contributed by atoms with Gasteiger partial charge in [-0.05, 0) is 44.2 Å². The van der Waals surface area contributed by atoms with E-state index in [1.807, 2.05) is 52.0 Å². The Morgan fingerprint density at radius 1 is 1.30 bits per heavy atom. The molecule has 3 rings (SSSR count). The summed E-state index contributed by atoms with van der Waals surface area (Å²) in [5.74, 6) is -0.223. The van der Waals surface area contributed by atoms with Gasteiger partial charge in [0.05, 0.1) is 23.8 Å². The number of benzene rings is 1. The lowest BCUT2D eigenvalue weighted by Gasteiger charge is -2.27. The molecule has 2 aromatic heterocycles. The van der Waals surface area contributed by atoms with E-state index in [1.54, 1.807) is 11.5 Å². The van der Waals surface area contributed by atoms with Gasteiger partial charge in [-0.3, -0.25) is 14.2 Å². The summed E-state index contributed by atoms with van der Waals surface area (Å²) in [5, 5.41) is 13.5. The van der Waals surface area contributed by atoms with E-state index < -0.39 is 5.54 Å². The number of rotatable bonds is 8. The fraction of sp³-hybridized carbons (Fsp3) is 0.440.